The first-order valence-electron chi connectivity index (χ1n) is 6.31. The Labute approximate surface area is 116 Å². The molecule has 0 unspecified atom stereocenters. The summed E-state index contributed by atoms with van der Waals surface area (Å²) in [6, 6.07) is 1.45. The molecule has 1 aliphatic carbocycles. The molecule has 2 rings (SSSR count). The molecule has 0 heterocycles. The highest BCUT2D eigenvalue weighted by molar-refractivity contribution is 9.10. The minimum Gasteiger partial charge on any atom is -0.495 e. The number of ether oxygens (including phenoxy) is 1. The number of benzene rings is 1. The molecule has 4 heteroatoms. The number of hydrogen-bond donors (Lipinski definition) is 1. The van der Waals surface area contributed by atoms with Gasteiger partial charge in [0.05, 0.1) is 11.6 Å². The zero-order valence-electron chi connectivity index (χ0n) is 10.9. The van der Waals surface area contributed by atoms with Crippen LogP contribution in [0.4, 0.5) is 4.39 Å². The Kier molecular flexibility index (Phi) is 3.97. The molecule has 1 aromatic carbocycles. The van der Waals surface area contributed by atoms with Crippen molar-refractivity contribution in [2.75, 3.05) is 7.11 Å². The minimum absolute atomic E-state index is 0.229. The van der Waals surface area contributed by atoms with Gasteiger partial charge in [-0.1, -0.05) is 19.3 Å². The summed E-state index contributed by atoms with van der Waals surface area (Å²) < 4.78 is 20.0. The van der Waals surface area contributed by atoms with Crippen LogP contribution in [0.25, 0.3) is 0 Å². The fourth-order valence-corrected chi connectivity index (χ4v) is 3.49. The third kappa shape index (κ3) is 2.28. The van der Waals surface area contributed by atoms with E-state index < -0.39 is 5.54 Å². The van der Waals surface area contributed by atoms with Gasteiger partial charge in [-0.05, 0) is 47.3 Å². The van der Waals surface area contributed by atoms with Crippen LogP contribution in [0.2, 0.25) is 0 Å². The monoisotopic (exact) mass is 315 g/mol. The van der Waals surface area contributed by atoms with Crippen molar-refractivity contribution in [1.82, 2.24) is 0 Å². The Morgan fingerprint density at radius 2 is 1.94 bits per heavy atom. The Hall–Kier alpha value is -0.610. The summed E-state index contributed by atoms with van der Waals surface area (Å²) in [6.45, 7) is 1.78. The Morgan fingerprint density at radius 1 is 1.33 bits per heavy atom. The smallest absolute Gasteiger partial charge is 0.138 e. The Bertz CT molecular complexity index is 456. The maximum atomic E-state index is 13.9. The van der Waals surface area contributed by atoms with Crippen LogP contribution in [-0.2, 0) is 5.54 Å². The number of hydrogen-bond acceptors (Lipinski definition) is 2. The fourth-order valence-electron chi connectivity index (χ4n) is 2.93. The molecule has 100 valence electrons. The van der Waals surface area contributed by atoms with Crippen molar-refractivity contribution in [1.29, 1.82) is 0 Å². The molecule has 1 fully saturated rings. The number of rotatable bonds is 2. The van der Waals surface area contributed by atoms with Gasteiger partial charge in [-0.25, -0.2) is 4.39 Å². The van der Waals surface area contributed by atoms with Gasteiger partial charge in [0.15, 0.2) is 0 Å². The lowest BCUT2D eigenvalue weighted by Crippen LogP contribution is -2.40. The molecule has 0 amide bonds. The summed E-state index contributed by atoms with van der Waals surface area (Å²) in [5, 5.41) is 0. The number of nitrogens with two attached hydrogens (primary N) is 1. The van der Waals surface area contributed by atoms with E-state index in [2.05, 4.69) is 15.9 Å². The summed E-state index contributed by atoms with van der Waals surface area (Å²) in [5.41, 5.74) is 7.51. The molecule has 1 saturated carbocycles. The number of methoxy groups -OCH3 is 1. The molecular weight excluding hydrogens is 297 g/mol. The van der Waals surface area contributed by atoms with Crippen molar-refractivity contribution < 1.29 is 9.13 Å². The van der Waals surface area contributed by atoms with E-state index in [1.165, 1.54) is 12.5 Å². The van der Waals surface area contributed by atoms with Gasteiger partial charge < -0.3 is 10.5 Å². The third-order valence-corrected chi connectivity index (χ3v) is 4.47. The lowest BCUT2D eigenvalue weighted by molar-refractivity contribution is 0.285. The van der Waals surface area contributed by atoms with E-state index in [0.717, 1.165) is 31.2 Å². The van der Waals surface area contributed by atoms with Crippen molar-refractivity contribution in [3.05, 3.63) is 27.5 Å². The van der Waals surface area contributed by atoms with Gasteiger partial charge in [0.1, 0.15) is 11.6 Å². The van der Waals surface area contributed by atoms with Crippen LogP contribution in [0, 0.1) is 12.7 Å². The van der Waals surface area contributed by atoms with Gasteiger partial charge in [-0.15, -0.1) is 0 Å². The highest BCUT2D eigenvalue weighted by Crippen LogP contribution is 2.44. The van der Waals surface area contributed by atoms with Crippen molar-refractivity contribution in [3.63, 3.8) is 0 Å². The van der Waals surface area contributed by atoms with Gasteiger partial charge in [-0.2, -0.15) is 0 Å². The van der Waals surface area contributed by atoms with Crippen molar-refractivity contribution in [2.24, 2.45) is 5.73 Å². The van der Waals surface area contributed by atoms with E-state index in [1.807, 2.05) is 0 Å². The van der Waals surface area contributed by atoms with Crippen molar-refractivity contribution in [2.45, 2.75) is 44.6 Å². The van der Waals surface area contributed by atoms with E-state index in [9.17, 15) is 4.39 Å². The van der Waals surface area contributed by atoms with Crippen LogP contribution in [-0.4, -0.2) is 7.11 Å². The van der Waals surface area contributed by atoms with E-state index >= 15 is 0 Å². The standard InChI is InChI=1S/C14H19BrFNO/c1-9-11(16)8-10(15)13(18-2)12(9)14(17)6-4-3-5-7-14/h8H,3-7,17H2,1-2H3. The molecule has 0 aromatic heterocycles. The molecule has 0 spiro atoms. The highest BCUT2D eigenvalue weighted by Gasteiger charge is 2.35. The SMILES string of the molecule is COc1c(Br)cc(F)c(C)c1C1(N)CCCCC1. The molecule has 0 saturated heterocycles. The maximum absolute atomic E-state index is 13.9. The first kappa shape index (κ1) is 13.8. The molecule has 1 aliphatic rings. The van der Waals surface area contributed by atoms with Crippen LogP contribution in [0.1, 0.15) is 43.2 Å². The normalized spacial score (nSPS) is 18.7. The van der Waals surface area contributed by atoms with Gasteiger partial charge in [0, 0.05) is 11.1 Å². The molecule has 18 heavy (non-hydrogen) atoms. The summed E-state index contributed by atoms with van der Waals surface area (Å²) in [5.74, 6) is 0.450. The fraction of sp³-hybridized carbons (Fsp3) is 0.571. The molecular formula is C14H19BrFNO. The Morgan fingerprint density at radius 3 is 2.50 bits per heavy atom. The summed E-state index contributed by atoms with van der Waals surface area (Å²) in [4.78, 5) is 0. The zero-order chi connectivity index (χ0) is 13.3. The van der Waals surface area contributed by atoms with Crippen LogP contribution >= 0.6 is 15.9 Å². The number of halogens is 2. The maximum Gasteiger partial charge on any atom is 0.138 e. The second kappa shape index (κ2) is 5.17. The molecule has 2 nitrogen and oxygen atoms in total. The quantitative estimate of drug-likeness (QED) is 0.894. The second-order valence-corrected chi connectivity index (χ2v) is 5.94. The van der Waals surface area contributed by atoms with Gasteiger partial charge >= 0.3 is 0 Å². The molecule has 0 bridgehead atoms. The first-order chi connectivity index (χ1) is 8.49. The molecule has 0 radical (unpaired) electrons. The van der Waals surface area contributed by atoms with Gasteiger partial charge in [0.25, 0.3) is 0 Å². The predicted molar refractivity (Wildman–Crippen MR) is 74.3 cm³/mol. The molecule has 1 aromatic rings. The lowest BCUT2D eigenvalue weighted by Gasteiger charge is -2.36. The Balaban J connectivity index is 2.60. The molecule has 0 aliphatic heterocycles. The zero-order valence-corrected chi connectivity index (χ0v) is 12.4. The van der Waals surface area contributed by atoms with Crippen LogP contribution in [0.5, 0.6) is 5.75 Å². The topological polar surface area (TPSA) is 35.2 Å². The summed E-state index contributed by atoms with van der Waals surface area (Å²) in [6.07, 6.45) is 5.16. The third-order valence-electron chi connectivity index (χ3n) is 3.88. The molecule has 0 atom stereocenters. The van der Waals surface area contributed by atoms with Crippen LogP contribution < -0.4 is 10.5 Å². The lowest BCUT2D eigenvalue weighted by atomic mass is 9.75. The summed E-state index contributed by atoms with van der Waals surface area (Å²) in [7, 11) is 1.60. The van der Waals surface area contributed by atoms with Crippen LogP contribution in [0.15, 0.2) is 10.5 Å². The van der Waals surface area contributed by atoms with Crippen LogP contribution in [0.3, 0.4) is 0 Å². The average Bonchev–Trinajstić information content (AvgIpc) is 2.34. The van der Waals surface area contributed by atoms with E-state index in [-0.39, 0.29) is 5.82 Å². The predicted octanol–water partition coefficient (Wildman–Crippen LogP) is 4.02. The summed E-state index contributed by atoms with van der Waals surface area (Å²) >= 11 is 3.36. The molecule has 2 N–H and O–H groups in total. The highest BCUT2D eigenvalue weighted by atomic mass is 79.9. The second-order valence-electron chi connectivity index (χ2n) is 5.09. The van der Waals surface area contributed by atoms with Crippen molar-refractivity contribution >= 4 is 15.9 Å². The van der Waals surface area contributed by atoms with Gasteiger partial charge in [-0.3, -0.25) is 0 Å². The van der Waals surface area contributed by atoms with Gasteiger partial charge in [0.2, 0.25) is 0 Å². The van der Waals surface area contributed by atoms with E-state index in [1.54, 1.807) is 14.0 Å². The van der Waals surface area contributed by atoms with E-state index in [0.29, 0.717) is 15.8 Å². The largest absolute Gasteiger partial charge is 0.495 e. The average molecular weight is 316 g/mol. The van der Waals surface area contributed by atoms with Crippen molar-refractivity contribution in [3.8, 4) is 5.75 Å². The first-order valence-corrected chi connectivity index (χ1v) is 7.11. The minimum atomic E-state index is -0.460. The van der Waals surface area contributed by atoms with E-state index in [4.69, 9.17) is 10.5 Å².